The number of hydrogen-bond donors (Lipinski definition) is 2. The van der Waals surface area contributed by atoms with Crippen molar-refractivity contribution in [1.82, 2.24) is 5.32 Å². The van der Waals surface area contributed by atoms with E-state index in [4.69, 9.17) is 0 Å². The van der Waals surface area contributed by atoms with Crippen LogP contribution in [0.4, 0.5) is 14.5 Å². The van der Waals surface area contributed by atoms with Crippen molar-refractivity contribution in [2.45, 2.75) is 38.1 Å². The summed E-state index contributed by atoms with van der Waals surface area (Å²) < 4.78 is 25.7. The molecule has 3 nitrogen and oxygen atoms in total. The zero-order chi connectivity index (χ0) is 13.7. The number of carbonyl (C=O) groups is 1. The number of anilines is 1. The Hall–Kier alpha value is -1.65. The molecule has 0 spiro atoms. The molecule has 0 radical (unpaired) electrons. The molecular weight excluding hydrogens is 250 g/mol. The fraction of sp³-hybridized carbons (Fsp3) is 0.500. The van der Waals surface area contributed by atoms with E-state index in [0.717, 1.165) is 25.0 Å². The number of nitrogens with one attached hydrogen (secondary N) is 2. The van der Waals surface area contributed by atoms with Crippen LogP contribution in [0.3, 0.4) is 0 Å². The van der Waals surface area contributed by atoms with Crippen LogP contribution in [0.25, 0.3) is 0 Å². The summed E-state index contributed by atoms with van der Waals surface area (Å²) in [5, 5.41) is 5.87. The molecule has 1 saturated carbocycles. The molecule has 0 unspecified atom stereocenters. The molecule has 19 heavy (non-hydrogen) atoms. The van der Waals surface area contributed by atoms with E-state index in [1.807, 2.05) is 0 Å². The lowest BCUT2D eigenvalue weighted by molar-refractivity contribution is -0.121. The Morgan fingerprint density at radius 1 is 1.21 bits per heavy atom. The van der Waals surface area contributed by atoms with Gasteiger partial charge >= 0.3 is 0 Å². The maximum Gasteiger partial charge on any atom is 0.221 e. The van der Waals surface area contributed by atoms with E-state index in [1.54, 1.807) is 0 Å². The van der Waals surface area contributed by atoms with Gasteiger partial charge in [-0.15, -0.1) is 0 Å². The standard InChI is InChI=1S/C14H18F2N2O/c15-12-6-5-11(9-13(12)16)17-8-7-14(19)18-10-3-1-2-4-10/h5-6,9-10,17H,1-4,7-8H2,(H,18,19). The summed E-state index contributed by atoms with van der Waals surface area (Å²) in [6.45, 7) is 0.406. The maximum atomic E-state index is 12.9. The van der Waals surface area contributed by atoms with E-state index >= 15 is 0 Å². The molecule has 0 saturated heterocycles. The summed E-state index contributed by atoms with van der Waals surface area (Å²) in [6, 6.07) is 3.92. The number of benzene rings is 1. The van der Waals surface area contributed by atoms with E-state index in [9.17, 15) is 13.6 Å². The summed E-state index contributed by atoms with van der Waals surface area (Å²) in [5.41, 5.74) is 0.479. The second-order valence-corrected chi connectivity index (χ2v) is 4.85. The first-order chi connectivity index (χ1) is 9.15. The zero-order valence-electron chi connectivity index (χ0n) is 10.7. The van der Waals surface area contributed by atoms with E-state index in [-0.39, 0.29) is 5.91 Å². The number of hydrogen-bond acceptors (Lipinski definition) is 2. The summed E-state index contributed by atoms with van der Waals surface area (Å²) in [6.07, 6.45) is 4.80. The van der Waals surface area contributed by atoms with Crippen LogP contribution < -0.4 is 10.6 Å². The lowest BCUT2D eigenvalue weighted by Gasteiger charge is -2.12. The molecule has 1 aromatic carbocycles. The molecular formula is C14H18F2N2O. The van der Waals surface area contributed by atoms with Gasteiger partial charge in [0.05, 0.1) is 0 Å². The number of carbonyl (C=O) groups excluding carboxylic acids is 1. The molecule has 0 aliphatic heterocycles. The average Bonchev–Trinajstić information content (AvgIpc) is 2.86. The summed E-state index contributed by atoms with van der Waals surface area (Å²) in [4.78, 5) is 11.6. The Morgan fingerprint density at radius 3 is 2.63 bits per heavy atom. The van der Waals surface area contributed by atoms with Crippen LogP contribution in [0, 0.1) is 11.6 Å². The van der Waals surface area contributed by atoms with Crippen LogP contribution in [0.1, 0.15) is 32.1 Å². The third kappa shape index (κ3) is 4.19. The van der Waals surface area contributed by atoms with Crippen LogP contribution in [0.5, 0.6) is 0 Å². The first-order valence-corrected chi connectivity index (χ1v) is 6.63. The molecule has 2 rings (SSSR count). The summed E-state index contributed by atoms with van der Waals surface area (Å²) in [5.74, 6) is -1.76. The minimum Gasteiger partial charge on any atom is -0.384 e. The van der Waals surface area contributed by atoms with Crippen molar-refractivity contribution in [3.63, 3.8) is 0 Å². The Labute approximate surface area is 111 Å². The molecule has 0 heterocycles. The van der Waals surface area contributed by atoms with Gasteiger partial charge in [0.2, 0.25) is 5.91 Å². The molecule has 0 bridgehead atoms. The lowest BCUT2D eigenvalue weighted by Crippen LogP contribution is -2.33. The molecule has 0 aromatic heterocycles. The highest BCUT2D eigenvalue weighted by molar-refractivity contribution is 5.76. The smallest absolute Gasteiger partial charge is 0.221 e. The summed E-state index contributed by atoms with van der Waals surface area (Å²) >= 11 is 0. The molecule has 104 valence electrons. The van der Waals surface area contributed by atoms with E-state index in [2.05, 4.69) is 10.6 Å². The first-order valence-electron chi connectivity index (χ1n) is 6.63. The van der Waals surface area contributed by atoms with Crippen molar-refractivity contribution in [3.8, 4) is 0 Å². The Balaban J connectivity index is 1.70. The van der Waals surface area contributed by atoms with Crippen molar-refractivity contribution < 1.29 is 13.6 Å². The Morgan fingerprint density at radius 2 is 1.95 bits per heavy atom. The van der Waals surface area contributed by atoms with Gasteiger partial charge in [0.15, 0.2) is 11.6 Å². The fourth-order valence-electron chi connectivity index (χ4n) is 2.30. The van der Waals surface area contributed by atoms with Crippen LogP contribution in [0.15, 0.2) is 18.2 Å². The quantitative estimate of drug-likeness (QED) is 0.862. The van der Waals surface area contributed by atoms with Crippen molar-refractivity contribution >= 4 is 11.6 Å². The van der Waals surface area contributed by atoms with E-state index < -0.39 is 11.6 Å². The third-order valence-electron chi connectivity index (χ3n) is 3.32. The van der Waals surface area contributed by atoms with Gasteiger partial charge in [-0.1, -0.05) is 12.8 Å². The van der Waals surface area contributed by atoms with Crippen LogP contribution in [-0.2, 0) is 4.79 Å². The molecule has 0 atom stereocenters. The molecule has 1 fully saturated rings. The van der Waals surface area contributed by atoms with Gasteiger partial charge in [-0.05, 0) is 31.0 Å². The highest BCUT2D eigenvalue weighted by Crippen LogP contribution is 2.17. The van der Waals surface area contributed by atoms with Gasteiger partial charge in [-0.25, -0.2) is 8.78 Å². The van der Waals surface area contributed by atoms with Gasteiger partial charge in [0.1, 0.15) is 0 Å². The molecule has 2 N–H and O–H groups in total. The number of halogens is 2. The molecule has 5 heteroatoms. The van der Waals surface area contributed by atoms with Crippen molar-refractivity contribution in [3.05, 3.63) is 29.8 Å². The fourth-order valence-corrected chi connectivity index (χ4v) is 2.30. The second-order valence-electron chi connectivity index (χ2n) is 4.85. The Kier molecular flexibility index (Phi) is 4.71. The summed E-state index contributed by atoms with van der Waals surface area (Å²) in [7, 11) is 0. The van der Waals surface area contributed by atoms with Gasteiger partial charge in [0, 0.05) is 24.7 Å². The van der Waals surface area contributed by atoms with Gasteiger partial charge in [-0.2, -0.15) is 0 Å². The van der Waals surface area contributed by atoms with E-state index in [0.29, 0.717) is 24.7 Å². The Bertz CT molecular complexity index is 445. The van der Waals surface area contributed by atoms with Gasteiger partial charge in [0.25, 0.3) is 0 Å². The third-order valence-corrected chi connectivity index (χ3v) is 3.32. The lowest BCUT2D eigenvalue weighted by atomic mass is 10.2. The predicted octanol–water partition coefficient (Wildman–Crippen LogP) is 2.83. The van der Waals surface area contributed by atoms with E-state index in [1.165, 1.54) is 18.9 Å². The predicted molar refractivity (Wildman–Crippen MR) is 69.9 cm³/mol. The van der Waals surface area contributed by atoms with Crippen molar-refractivity contribution in [1.29, 1.82) is 0 Å². The average molecular weight is 268 g/mol. The normalized spacial score (nSPS) is 15.5. The van der Waals surface area contributed by atoms with Gasteiger partial charge in [-0.3, -0.25) is 4.79 Å². The van der Waals surface area contributed by atoms with Crippen molar-refractivity contribution in [2.24, 2.45) is 0 Å². The van der Waals surface area contributed by atoms with Crippen LogP contribution in [-0.4, -0.2) is 18.5 Å². The number of amides is 1. The molecule has 1 aromatic rings. The highest BCUT2D eigenvalue weighted by Gasteiger charge is 2.16. The highest BCUT2D eigenvalue weighted by atomic mass is 19.2. The van der Waals surface area contributed by atoms with Crippen LogP contribution in [0.2, 0.25) is 0 Å². The van der Waals surface area contributed by atoms with Crippen LogP contribution >= 0.6 is 0 Å². The minimum atomic E-state index is -0.889. The number of rotatable bonds is 5. The second kappa shape index (κ2) is 6.50. The topological polar surface area (TPSA) is 41.1 Å². The van der Waals surface area contributed by atoms with Crippen molar-refractivity contribution in [2.75, 3.05) is 11.9 Å². The minimum absolute atomic E-state index is 0.00184. The molecule has 1 aliphatic rings. The zero-order valence-corrected chi connectivity index (χ0v) is 10.7. The maximum absolute atomic E-state index is 12.9. The molecule has 1 aliphatic carbocycles. The molecule has 1 amide bonds. The van der Waals surface area contributed by atoms with Gasteiger partial charge < -0.3 is 10.6 Å². The first kappa shape index (κ1) is 13.8. The monoisotopic (exact) mass is 268 g/mol. The largest absolute Gasteiger partial charge is 0.384 e. The SMILES string of the molecule is O=C(CCNc1ccc(F)c(F)c1)NC1CCCC1.